The van der Waals surface area contributed by atoms with Crippen LogP contribution in [-0.4, -0.2) is 17.9 Å². The maximum absolute atomic E-state index is 13.1. The third-order valence-electron chi connectivity index (χ3n) is 2.64. The normalized spacial score (nSPS) is 11.9. The van der Waals surface area contributed by atoms with Crippen molar-refractivity contribution in [1.82, 2.24) is 10.3 Å². The minimum atomic E-state index is -4.54. The average molecular weight is 309 g/mol. The molecule has 0 atom stereocenters. The minimum Gasteiger partial charge on any atom is -0.355 e. The molecule has 0 aliphatic heterocycles. The summed E-state index contributed by atoms with van der Waals surface area (Å²) >= 11 is 6.57. The molecule has 0 unspecified atom stereocenters. The Hall–Kier alpha value is -1.34. The van der Waals surface area contributed by atoms with E-state index < -0.39 is 17.6 Å². The molecular weight excluding hydrogens is 301 g/mol. The molecule has 0 radical (unpaired) electrons. The van der Waals surface area contributed by atoms with Crippen LogP contribution in [0.1, 0.15) is 21.5 Å². The largest absolute Gasteiger partial charge is 0.418 e. The lowest BCUT2D eigenvalue weighted by molar-refractivity contribution is -0.136. The Balaban J connectivity index is 2.86. The molecule has 2 rings (SSSR count). The number of hydrogen-bond acceptors (Lipinski definition) is 3. The van der Waals surface area contributed by atoms with Crippen LogP contribution in [0.15, 0.2) is 5.38 Å². The highest BCUT2D eigenvalue weighted by Crippen LogP contribution is 2.42. The van der Waals surface area contributed by atoms with E-state index in [2.05, 4.69) is 10.3 Å². The van der Waals surface area contributed by atoms with Crippen LogP contribution in [0.2, 0.25) is 5.15 Å². The van der Waals surface area contributed by atoms with Gasteiger partial charge in [0.1, 0.15) is 5.15 Å². The molecule has 1 N–H and O–H groups in total. The van der Waals surface area contributed by atoms with Gasteiger partial charge in [-0.15, -0.1) is 11.3 Å². The number of fused-ring (bicyclic) bond motifs is 1. The molecule has 0 bridgehead atoms. The van der Waals surface area contributed by atoms with Crippen LogP contribution in [0.3, 0.4) is 0 Å². The highest BCUT2D eigenvalue weighted by molar-refractivity contribution is 7.17. The number of amides is 1. The number of thiophene rings is 1. The van der Waals surface area contributed by atoms with Gasteiger partial charge in [-0.1, -0.05) is 11.6 Å². The van der Waals surface area contributed by atoms with Crippen molar-refractivity contribution in [3.63, 3.8) is 0 Å². The van der Waals surface area contributed by atoms with Gasteiger partial charge in [-0.05, 0) is 6.92 Å². The van der Waals surface area contributed by atoms with Gasteiger partial charge in [0.25, 0.3) is 5.91 Å². The van der Waals surface area contributed by atoms with Crippen molar-refractivity contribution in [2.75, 3.05) is 7.05 Å². The van der Waals surface area contributed by atoms with Crippen LogP contribution in [0.5, 0.6) is 0 Å². The molecule has 102 valence electrons. The van der Waals surface area contributed by atoms with Gasteiger partial charge in [-0.2, -0.15) is 13.2 Å². The number of carbonyl (C=O) groups excluding carboxylic acids is 1. The van der Waals surface area contributed by atoms with E-state index in [4.69, 9.17) is 11.6 Å². The third-order valence-corrected chi connectivity index (χ3v) is 4.00. The smallest absolute Gasteiger partial charge is 0.355 e. The SMILES string of the molecule is CNC(=O)c1csc2c(C(F)(F)F)c(C)c(Cl)nc12. The lowest BCUT2D eigenvalue weighted by Gasteiger charge is -2.12. The maximum Gasteiger partial charge on any atom is 0.418 e. The summed E-state index contributed by atoms with van der Waals surface area (Å²) in [7, 11) is 1.40. The lowest BCUT2D eigenvalue weighted by Crippen LogP contribution is -2.17. The summed E-state index contributed by atoms with van der Waals surface area (Å²) in [4.78, 5) is 15.5. The fraction of sp³-hybridized carbons (Fsp3) is 0.273. The first-order valence-electron chi connectivity index (χ1n) is 5.14. The molecule has 3 nitrogen and oxygen atoms in total. The number of alkyl halides is 3. The maximum atomic E-state index is 13.1. The second kappa shape index (κ2) is 4.64. The summed E-state index contributed by atoms with van der Waals surface area (Å²) in [6.07, 6.45) is -4.54. The number of hydrogen-bond donors (Lipinski definition) is 1. The fourth-order valence-corrected chi connectivity index (χ4v) is 3.02. The van der Waals surface area contributed by atoms with E-state index in [1.807, 2.05) is 0 Å². The number of nitrogens with zero attached hydrogens (tertiary/aromatic N) is 1. The molecule has 2 aromatic rings. The van der Waals surface area contributed by atoms with Crippen molar-refractivity contribution in [3.8, 4) is 0 Å². The second-order valence-corrected chi connectivity index (χ2v) is 5.04. The number of pyridine rings is 1. The monoisotopic (exact) mass is 308 g/mol. The van der Waals surface area contributed by atoms with Crippen molar-refractivity contribution in [2.45, 2.75) is 13.1 Å². The lowest BCUT2D eigenvalue weighted by atomic mass is 10.1. The summed E-state index contributed by atoms with van der Waals surface area (Å²) < 4.78 is 39.1. The predicted molar refractivity (Wildman–Crippen MR) is 67.8 cm³/mol. The van der Waals surface area contributed by atoms with Gasteiger partial charge < -0.3 is 5.32 Å². The van der Waals surface area contributed by atoms with Gasteiger partial charge in [0.05, 0.1) is 21.3 Å². The standard InChI is InChI=1S/C11H8ClF3N2OS/c1-4-6(11(13,14)15)8-7(17-9(4)12)5(3-19-8)10(18)16-2/h3H,1-2H3,(H,16,18). The van der Waals surface area contributed by atoms with Crippen molar-refractivity contribution >= 4 is 39.1 Å². The van der Waals surface area contributed by atoms with Gasteiger partial charge in [-0.3, -0.25) is 4.79 Å². The molecule has 19 heavy (non-hydrogen) atoms. The molecule has 2 heterocycles. The molecule has 0 fully saturated rings. The van der Waals surface area contributed by atoms with E-state index in [0.29, 0.717) is 0 Å². The van der Waals surface area contributed by atoms with Crippen molar-refractivity contribution in [2.24, 2.45) is 0 Å². The Kier molecular flexibility index (Phi) is 3.44. The zero-order valence-corrected chi connectivity index (χ0v) is 11.4. The Labute approximate surface area is 115 Å². The number of halogens is 4. The van der Waals surface area contributed by atoms with Crippen LogP contribution in [0.4, 0.5) is 13.2 Å². The van der Waals surface area contributed by atoms with E-state index in [-0.39, 0.29) is 26.5 Å². The van der Waals surface area contributed by atoms with Gasteiger partial charge >= 0.3 is 6.18 Å². The number of nitrogens with one attached hydrogen (secondary N) is 1. The van der Waals surface area contributed by atoms with E-state index >= 15 is 0 Å². The molecule has 0 saturated carbocycles. The van der Waals surface area contributed by atoms with E-state index in [9.17, 15) is 18.0 Å². The van der Waals surface area contributed by atoms with E-state index in [0.717, 1.165) is 11.3 Å². The first-order chi connectivity index (χ1) is 8.77. The molecule has 0 aromatic carbocycles. The van der Waals surface area contributed by atoms with Crippen LogP contribution in [-0.2, 0) is 6.18 Å². The fourth-order valence-electron chi connectivity index (χ4n) is 1.73. The first kappa shape index (κ1) is 14.1. The topological polar surface area (TPSA) is 42.0 Å². The van der Waals surface area contributed by atoms with Gasteiger partial charge in [-0.25, -0.2) is 4.98 Å². The van der Waals surface area contributed by atoms with Crippen LogP contribution < -0.4 is 5.32 Å². The van der Waals surface area contributed by atoms with Crippen LogP contribution >= 0.6 is 22.9 Å². The van der Waals surface area contributed by atoms with Crippen molar-refractivity contribution in [3.05, 3.63) is 27.2 Å². The van der Waals surface area contributed by atoms with Crippen molar-refractivity contribution in [1.29, 1.82) is 0 Å². The van der Waals surface area contributed by atoms with Crippen LogP contribution in [0.25, 0.3) is 10.2 Å². The molecule has 0 saturated heterocycles. The molecule has 0 aliphatic rings. The second-order valence-electron chi connectivity index (χ2n) is 3.81. The third kappa shape index (κ3) is 2.28. The van der Waals surface area contributed by atoms with E-state index in [1.165, 1.54) is 19.4 Å². The zero-order valence-electron chi connectivity index (χ0n) is 9.85. The Bertz CT molecular complexity index is 666. The zero-order chi connectivity index (χ0) is 14.4. The molecule has 1 amide bonds. The molecule has 2 aromatic heterocycles. The predicted octanol–water partition coefficient (Wildman–Crippen LogP) is 3.64. The number of carbonyl (C=O) groups is 1. The van der Waals surface area contributed by atoms with Crippen molar-refractivity contribution < 1.29 is 18.0 Å². The summed E-state index contributed by atoms with van der Waals surface area (Å²) in [6.45, 7) is 1.26. The quantitative estimate of drug-likeness (QED) is 0.817. The molecule has 0 spiro atoms. The first-order valence-corrected chi connectivity index (χ1v) is 6.39. The Morgan fingerprint density at radius 2 is 2.11 bits per heavy atom. The van der Waals surface area contributed by atoms with Gasteiger partial charge in [0.2, 0.25) is 0 Å². The van der Waals surface area contributed by atoms with Gasteiger partial charge in [0.15, 0.2) is 0 Å². The Morgan fingerprint density at radius 1 is 1.47 bits per heavy atom. The Morgan fingerprint density at radius 3 is 2.63 bits per heavy atom. The number of aromatic nitrogens is 1. The minimum absolute atomic E-state index is 0.0210. The van der Waals surface area contributed by atoms with Gasteiger partial charge in [0, 0.05) is 18.0 Å². The van der Waals surface area contributed by atoms with Crippen LogP contribution in [0, 0.1) is 6.92 Å². The molecular formula is C11H8ClF3N2OS. The summed E-state index contributed by atoms with van der Waals surface area (Å²) in [5.41, 5.74) is -0.892. The highest BCUT2D eigenvalue weighted by atomic mass is 35.5. The molecule has 8 heteroatoms. The molecule has 0 aliphatic carbocycles. The summed E-state index contributed by atoms with van der Waals surface area (Å²) in [5.74, 6) is -0.494. The van der Waals surface area contributed by atoms with E-state index in [1.54, 1.807) is 0 Å². The number of rotatable bonds is 1. The summed E-state index contributed by atoms with van der Waals surface area (Å²) in [5, 5.41) is 3.46. The average Bonchev–Trinajstić information content (AvgIpc) is 2.70. The summed E-state index contributed by atoms with van der Waals surface area (Å²) in [6, 6.07) is 0. The highest BCUT2D eigenvalue weighted by Gasteiger charge is 2.37.